The molecule has 0 N–H and O–H groups in total. The first-order valence-corrected chi connectivity index (χ1v) is 9.98. The lowest BCUT2D eigenvalue weighted by Gasteiger charge is -2.12. The Morgan fingerprint density at radius 2 is 1.55 bits per heavy atom. The number of hydrogen-bond donors (Lipinski definition) is 0. The van der Waals surface area contributed by atoms with Gasteiger partial charge in [-0.3, -0.25) is 0 Å². The molecule has 0 aliphatic carbocycles. The number of halogens is 4. The van der Waals surface area contributed by atoms with Gasteiger partial charge < -0.3 is 9.47 Å². The van der Waals surface area contributed by atoms with Crippen molar-refractivity contribution in [3.8, 4) is 33.9 Å². The monoisotopic (exact) mass is 491 g/mol. The van der Waals surface area contributed by atoms with Gasteiger partial charge in [0.05, 0.1) is 25.6 Å². The maximum atomic E-state index is 13.9. The Kier molecular flexibility index (Phi) is 5.38. The molecule has 5 nitrogen and oxygen atoms in total. The summed E-state index contributed by atoms with van der Waals surface area (Å²) in [5.74, 6) is 0.971. The molecule has 4 rings (SSSR count). The molecule has 4 aromatic rings. The number of aryl methyl sites for hydroxylation is 1. The van der Waals surface area contributed by atoms with E-state index in [9.17, 15) is 13.2 Å². The van der Waals surface area contributed by atoms with Crippen LogP contribution in [-0.2, 0) is 6.18 Å². The van der Waals surface area contributed by atoms with Crippen LogP contribution in [0.3, 0.4) is 0 Å². The van der Waals surface area contributed by atoms with Crippen LogP contribution in [0.2, 0.25) is 0 Å². The molecule has 0 bridgehead atoms. The van der Waals surface area contributed by atoms with Crippen LogP contribution in [0.25, 0.3) is 28.0 Å². The third-order valence-corrected chi connectivity index (χ3v) is 5.40. The minimum absolute atomic E-state index is 0.109. The molecule has 0 fully saturated rings. The molecule has 0 aliphatic heterocycles. The zero-order valence-corrected chi connectivity index (χ0v) is 18.4. The van der Waals surface area contributed by atoms with Gasteiger partial charge in [-0.05, 0) is 42.8 Å². The summed E-state index contributed by atoms with van der Waals surface area (Å²) in [5, 5.41) is 4.16. The molecule has 0 radical (unpaired) electrons. The molecule has 0 amide bonds. The Morgan fingerprint density at radius 3 is 2.16 bits per heavy atom. The average molecular weight is 492 g/mol. The molecule has 2 aromatic carbocycles. The SMILES string of the molecule is COc1ccc(-c2c(C)nn3c(C(F)(F)F)cc(-c4ccc(Br)cc4)nc23)cc1OC. The van der Waals surface area contributed by atoms with Crippen molar-refractivity contribution in [2.24, 2.45) is 0 Å². The molecule has 9 heteroatoms. The van der Waals surface area contributed by atoms with Crippen molar-refractivity contribution in [1.29, 1.82) is 0 Å². The molecule has 2 heterocycles. The number of hydrogen-bond acceptors (Lipinski definition) is 4. The van der Waals surface area contributed by atoms with E-state index in [1.54, 1.807) is 49.4 Å². The van der Waals surface area contributed by atoms with Gasteiger partial charge in [-0.25, -0.2) is 9.50 Å². The Bertz CT molecular complexity index is 1270. The summed E-state index contributed by atoms with van der Waals surface area (Å²) in [6, 6.07) is 13.1. The lowest BCUT2D eigenvalue weighted by Crippen LogP contribution is -2.13. The lowest BCUT2D eigenvalue weighted by atomic mass is 10.0. The molecule has 0 atom stereocenters. The number of benzene rings is 2. The van der Waals surface area contributed by atoms with E-state index in [1.807, 2.05) is 0 Å². The smallest absolute Gasteiger partial charge is 0.433 e. The van der Waals surface area contributed by atoms with E-state index in [1.165, 1.54) is 14.2 Å². The minimum atomic E-state index is -4.61. The summed E-state index contributed by atoms with van der Waals surface area (Å²) in [5.41, 5.74) is 1.51. The van der Waals surface area contributed by atoms with Crippen LogP contribution in [0.15, 0.2) is 53.0 Å². The molecular weight excluding hydrogens is 475 g/mol. The highest BCUT2D eigenvalue weighted by Crippen LogP contribution is 2.38. The van der Waals surface area contributed by atoms with Gasteiger partial charge >= 0.3 is 6.18 Å². The van der Waals surface area contributed by atoms with E-state index in [4.69, 9.17) is 9.47 Å². The van der Waals surface area contributed by atoms with Gasteiger partial charge in [0.25, 0.3) is 0 Å². The quantitative estimate of drug-likeness (QED) is 0.342. The normalized spacial score (nSPS) is 11.7. The molecule has 2 aromatic heterocycles. The largest absolute Gasteiger partial charge is 0.493 e. The first kappa shape index (κ1) is 21.2. The third kappa shape index (κ3) is 3.85. The van der Waals surface area contributed by atoms with Crippen molar-refractivity contribution in [2.45, 2.75) is 13.1 Å². The number of fused-ring (bicyclic) bond motifs is 1. The maximum Gasteiger partial charge on any atom is 0.433 e. The fourth-order valence-corrected chi connectivity index (χ4v) is 3.69. The summed E-state index contributed by atoms with van der Waals surface area (Å²) >= 11 is 3.34. The van der Waals surface area contributed by atoms with Gasteiger partial charge in [-0.15, -0.1) is 0 Å². The Hall–Kier alpha value is -3.07. The fraction of sp³-hybridized carbons (Fsp3) is 0.182. The molecule has 0 spiro atoms. The maximum absolute atomic E-state index is 13.9. The van der Waals surface area contributed by atoms with Gasteiger partial charge in [-0.2, -0.15) is 18.3 Å². The molecule has 0 saturated carbocycles. The van der Waals surface area contributed by atoms with Crippen LogP contribution in [0.5, 0.6) is 11.5 Å². The van der Waals surface area contributed by atoms with Crippen LogP contribution in [0.1, 0.15) is 11.4 Å². The second-order valence-electron chi connectivity index (χ2n) is 6.80. The first-order valence-electron chi connectivity index (χ1n) is 9.19. The predicted octanol–water partition coefficient (Wildman–Crippen LogP) is 6.17. The number of methoxy groups -OCH3 is 2. The van der Waals surface area contributed by atoms with Crippen molar-refractivity contribution < 1.29 is 22.6 Å². The highest BCUT2D eigenvalue weighted by Gasteiger charge is 2.36. The fourth-order valence-electron chi connectivity index (χ4n) is 3.42. The Labute approximate surface area is 184 Å². The van der Waals surface area contributed by atoms with Crippen LogP contribution >= 0.6 is 15.9 Å². The standard InChI is InChI=1S/C22H17BrF3N3O2/c1-12-20(14-6-9-17(30-2)18(10-14)31-3)21-27-16(13-4-7-15(23)8-5-13)11-19(22(24,25)26)29(21)28-12/h4-11H,1-3H3. The number of aromatic nitrogens is 3. The summed E-state index contributed by atoms with van der Waals surface area (Å²) in [7, 11) is 3.01. The lowest BCUT2D eigenvalue weighted by molar-refractivity contribution is -0.142. The van der Waals surface area contributed by atoms with Gasteiger partial charge in [0.1, 0.15) is 0 Å². The number of rotatable bonds is 4. The van der Waals surface area contributed by atoms with E-state index in [-0.39, 0.29) is 11.3 Å². The average Bonchev–Trinajstić information content (AvgIpc) is 3.07. The molecule has 31 heavy (non-hydrogen) atoms. The van der Waals surface area contributed by atoms with Gasteiger partial charge in [0.2, 0.25) is 0 Å². The van der Waals surface area contributed by atoms with Crippen LogP contribution < -0.4 is 9.47 Å². The van der Waals surface area contributed by atoms with Gasteiger partial charge in [0, 0.05) is 15.6 Å². The number of nitrogens with zero attached hydrogens (tertiary/aromatic N) is 3. The summed E-state index contributed by atoms with van der Waals surface area (Å²) in [6.45, 7) is 1.65. The Balaban J connectivity index is 2.02. The first-order chi connectivity index (χ1) is 14.7. The highest BCUT2D eigenvalue weighted by atomic mass is 79.9. The van der Waals surface area contributed by atoms with E-state index in [2.05, 4.69) is 26.0 Å². The molecular formula is C22H17BrF3N3O2. The Morgan fingerprint density at radius 1 is 0.903 bits per heavy atom. The predicted molar refractivity (Wildman–Crippen MR) is 114 cm³/mol. The highest BCUT2D eigenvalue weighted by molar-refractivity contribution is 9.10. The number of ether oxygens (including phenoxy) is 2. The van der Waals surface area contributed by atoms with Crippen LogP contribution in [-0.4, -0.2) is 28.8 Å². The van der Waals surface area contributed by atoms with E-state index in [0.717, 1.165) is 15.1 Å². The van der Waals surface area contributed by atoms with Crippen molar-refractivity contribution in [1.82, 2.24) is 14.6 Å². The van der Waals surface area contributed by atoms with Gasteiger partial charge in [0.15, 0.2) is 22.8 Å². The van der Waals surface area contributed by atoms with Crippen molar-refractivity contribution in [2.75, 3.05) is 14.2 Å². The third-order valence-electron chi connectivity index (χ3n) is 4.87. The minimum Gasteiger partial charge on any atom is -0.493 e. The summed E-state index contributed by atoms with van der Waals surface area (Å²) < 4.78 is 54.0. The van der Waals surface area contributed by atoms with E-state index >= 15 is 0 Å². The molecule has 0 aliphatic rings. The van der Waals surface area contributed by atoms with Crippen molar-refractivity contribution in [3.63, 3.8) is 0 Å². The van der Waals surface area contributed by atoms with Crippen LogP contribution in [0.4, 0.5) is 13.2 Å². The summed E-state index contributed by atoms with van der Waals surface area (Å²) in [6.07, 6.45) is -4.61. The molecule has 0 saturated heterocycles. The van der Waals surface area contributed by atoms with E-state index in [0.29, 0.717) is 33.9 Å². The van der Waals surface area contributed by atoms with Gasteiger partial charge in [-0.1, -0.05) is 34.1 Å². The number of alkyl halides is 3. The second kappa shape index (κ2) is 7.88. The van der Waals surface area contributed by atoms with Crippen molar-refractivity contribution in [3.05, 3.63) is 64.4 Å². The molecule has 0 unspecified atom stereocenters. The van der Waals surface area contributed by atoms with Crippen LogP contribution in [0, 0.1) is 6.92 Å². The van der Waals surface area contributed by atoms with Crippen molar-refractivity contribution >= 4 is 21.6 Å². The topological polar surface area (TPSA) is 48.7 Å². The molecule has 160 valence electrons. The second-order valence-corrected chi connectivity index (χ2v) is 7.71. The zero-order valence-electron chi connectivity index (χ0n) is 16.8. The van der Waals surface area contributed by atoms with E-state index < -0.39 is 11.9 Å². The summed E-state index contributed by atoms with van der Waals surface area (Å²) in [4.78, 5) is 4.56. The zero-order chi connectivity index (χ0) is 22.3.